The Morgan fingerprint density at radius 3 is 2.59 bits per heavy atom. The van der Waals surface area contributed by atoms with Gasteiger partial charge in [-0.05, 0) is 25.1 Å². The molecule has 0 unspecified atom stereocenters. The molecule has 2 heterocycles. The highest BCUT2D eigenvalue weighted by Crippen LogP contribution is 2.25. The summed E-state index contributed by atoms with van der Waals surface area (Å²) in [5, 5.41) is 4.41. The molecule has 0 spiro atoms. The molecule has 0 amide bonds. The molecule has 0 aliphatic heterocycles. The molecule has 2 rings (SSSR count). The third kappa shape index (κ3) is 2.38. The first-order chi connectivity index (χ1) is 8.02. The molecule has 2 aromatic rings. The van der Waals surface area contributed by atoms with Crippen molar-refractivity contribution in [3.63, 3.8) is 0 Å². The highest BCUT2D eigenvalue weighted by Gasteiger charge is 2.16. The van der Waals surface area contributed by atoms with E-state index in [9.17, 15) is 0 Å². The second-order valence-corrected chi connectivity index (χ2v) is 5.21. The van der Waals surface area contributed by atoms with E-state index < -0.39 is 0 Å². The van der Waals surface area contributed by atoms with Crippen LogP contribution in [0.25, 0.3) is 11.0 Å². The molecule has 0 atom stereocenters. The molecule has 0 radical (unpaired) electrons. The maximum absolute atomic E-state index is 4.64. The fraction of sp³-hybridized carbons (Fsp3) is 0.429. The number of aromatic nitrogens is 2. The zero-order chi connectivity index (χ0) is 12.5. The van der Waals surface area contributed by atoms with E-state index in [0.29, 0.717) is 0 Å². The molecule has 3 heteroatoms. The van der Waals surface area contributed by atoms with Crippen LogP contribution in [0, 0.1) is 0 Å². The van der Waals surface area contributed by atoms with Gasteiger partial charge in [-0.1, -0.05) is 20.8 Å². The van der Waals surface area contributed by atoms with Crippen molar-refractivity contribution in [2.75, 3.05) is 11.9 Å². The van der Waals surface area contributed by atoms with Crippen molar-refractivity contribution in [2.24, 2.45) is 0 Å². The van der Waals surface area contributed by atoms with Crippen molar-refractivity contribution in [1.29, 1.82) is 0 Å². The van der Waals surface area contributed by atoms with Gasteiger partial charge in [0.2, 0.25) is 0 Å². The molecule has 2 aromatic heterocycles. The van der Waals surface area contributed by atoms with Gasteiger partial charge >= 0.3 is 0 Å². The van der Waals surface area contributed by atoms with Gasteiger partial charge in [0.25, 0.3) is 0 Å². The van der Waals surface area contributed by atoms with Crippen LogP contribution in [-0.4, -0.2) is 16.5 Å². The van der Waals surface area contributed by atoms with Crippen molar-refractivity contribution in [2.45, 2.75) is 33.1 Å². The van der Waals surface area contributed by atoms with Crippen LogP contribution in [0.3, 0.4) is 0 Å². The highest BCUT2D eigenvalue weighted by atomic mass is 14.9. The van der Waals surface area contributed by atoms with E-state index in [-0.39, 0.29) is 5.41 Å². The number of nitrogens with one attached hydrogen (secondary N) is 1. The van der Waals surface area contributed by atoms with Crippen molar-refractivity contribution >= 4 is 16.7 Å². The lowest BCUT2D eigenvalue weighted by atomic mass is 9.91. The number of nitrogens with zero attached hydrogens (tertiary/aromatic N) is 2. The molecule has 0 fully saturated rings. The van der Waals surface area contributed by atoms with E-state index in [2.05, 4.69) is 55.1 Å². The summed E-state index contributed by atoms with van der Waals surface area (Å²) in [4.78, 5) is 8.99. The number of rotatable bonds is 2. The third-order valence-corrected chi connectivity index (χ3v) is 2.74. The normalized spacial score (nSPS) is 11.8. The summed E-state index contributed by atoms with van der Waals surface area (Å²) < 4.78 is 0. The maximum Gasteiger partial charge on any atom is 0.161 e. The average molecular weight is 229 g/mol. The minimum atomic E-state index is 0.0596. The van der Waals surface area contributed by atoms with Crippen molar-refractivity contribution < 1.29 is 0 Å². The Labute approximate surface area is 102 Å². The molecule has 0 saturated carbocycles. The van der Waals surface area contributed by atoms with Gasteiger partial charge in [-0.2, -0.15) is 0 Å². The molecule has 0 aliphatic rings. The van der Waals surface area contributed by atoms with E-state index in [1.54, 1.807) is 6.20 Å². The number of fused-ring (bicyclic) bond motifs is 1. The maximum atomic E-state index is 4.64. The van der Waals surface area contributed by atoms with E-state index in [4.69, 9.17) is 0 Å². The number of pyridine rings is 2. The summed E-state index contributed by atoms with van der Waals surface area (Å²) in [6.45, 7) is 9.48. The lowest BCUT2D eigenvalue weighted by Gasteiger charge is -2.18. The fourth-order valence-corrected chi connectivity index (χ4v) is 1.79. The lowest BCUT2D eigenvalue weighted by Crippen LogP contribution is -2.13. The minimum Gasteiger partial charge on any atom is -0.385 e. The first kappa shape index (κ1) is 11.8. The van der Waals surface area contributed by atoms with Crippen molar-refractivity contribution in [3.05, 3.63) is 30.1 Å². The SMILES string of the molecule is CCNc1ccnc2nc(C(C)(C)C)ccc12. The van der Waals surface area contributed by atoms with Crippen molar-refractivity contribution in [1.82, 2.24) is 9.97 Å². The summed E-state index contributed by atoms with van der Waals surface area (Å²) in [6, 6.07) is 6.18. The van der Waals surface area contributed by atoms with Crippen LogP contribution in [0.4, 0.5) is 5.69 Å². The van der Waals surface area contributed by atoms with Crippen LogP contribution in [0.5, 0.6) is 0 Å². The second-order valence-electron chi connectivity index (χ2n) is 5.21. The summed E-state index contributed by atoms with van der Waals surface area (Å²) in [5.74, 6) is 0. The molecule has 0 saturated heterocycles. The average Bonchev–Trinajstić information content (AvgIpc) is 2.28. The fourth-order valence-electron chi connectivity index (χ4n) is 1.79. The van der Waals surface area contributed by atoms with Gasteiger partial charge in [0.05, 0.1) is 0 Å². The van der Waals surface area contributed by atoms with Crippen LogP contribution in [0.2, 0.25) is 0 Å². The first-order valence-corrected chi connectivity index (χ1v) is 6.02. The Hall–Kier alpha value is -1.64. The summed E-state index contributed by atoms with van der Waals surface area (Å²) in [5.41, 5.74) is 3.05. The van der Waals surface area contributed by atoms with E-state index in [1.807, 2.05) is 6.07 Å². The predicted molar refractivity (Wildman–Crippen MR) is 72.4 cm³/mol. The Balaban J connectivity index is 2.57. The van der Waals surface area contributed by atoms with Crippen LogP contribution >= 0.6 is 0 Å². The first-order valence-electron chi connectivity index (χ1n) is 6.02. The molecular weight excluding hydrogens is 210 g/mol. The van der Waals surface area contributed by atoms with Gasteiger partial charge in [-0.25, -0.2) is 9.97 Å². The van der Waals surface area contributed by atoms with Crippen LogP contribution in [0.15, 0.2) is 24.4 Å². The molecule has 0 aromatic carbocycles. The Morgan fingerprint density at radius 1 is 1.18 bits per heavy atom. The number of anilines is 1. The predicted octanol–water partition coefficient (Wildman–Crippen LogP) is 3.36. The third-order valence-electron chi connectivity index (χ3n) is 2.74. The molecule has 17 heavy (non-hydrogen) atoms. The summed E-state index contributed by atoms with van der Waals surface area (Å²) in [7, 11) is 0. The minimum absolute atomic E-state index is 0.0596. The highest BCUT2D eigenvalue weighted by molar-refractivity contribution is 5.88. The molecule has 90 valence electrons. The van der Waals surface area contributed by atoms with E-state index in [1.165, 1.54) is 0 Å². The largest absolute Gasteiger partial charge is 0.385 e. The Bertz CT molecular complexity index is 526. The molecule has 0 bridgehead atoms. The summed E-state index contributed by atoms with van der Waals surface area (Å²) >= 11 is 0. The van der Waals surface area contributed by atoms with Gasteiger partial charge in [-0.3, -0.25) is 0 Å². The summed E-state index contributed by atoms with van der Waals surface area (Å²) in [6.07, 6.45) is 1.81. The quantitative estimate of drug-likeness (QED) is 0.858. The standard InChI is InChI=1S/C14H19N3/c1-5-15-11-8-9-16-13-10(11)6-7-12(17-13)14(2,3)4/h6-9H,5H2,1-4H3,(H,15,16,17). The molecule has 0 aliphatic carbocycles. The molecule has 1 N–H and O–H groups in total. The van der Waals surface area contributed by atoms with E-state index >= 15 is 0 Å². The zero-order valence-corrected chi connectivity index (χ0v) is 10.9. The van der Waals surface area contributed by atoms with Gasteiger partial charge < -0.3 is 5.32 Å². The zero-order valence-electron chi connectivity index (χ0n) is 10.9. The number of hydrogen-bond acceptors (Lipinski definition) is 3. The van der Waals surface area contributed by atoms with Gasteiger partial charge in [-0.15, -0.1) is 0 Å². The van der Waals surface area contributed by atoms with E-state index in [0.717, 1.165) is 29.0 Å². The molecule has 3 nitrogen and oxygen atoms in total. The lowest BCUT2D eigenvalue weighted by molar-refractivity contribution is 0.571. The monoisotopic (exact) mass is 229 g/mol. The Kier molecular flexibility index (Phi) is 3.01. The van der Waals surface area contributed by atoms with Gasteiger partial charge in [0, 0.05) is 34.9 Å². The Morgan fingerprint density at radius 2 is 1.94 bits per heavy atom. The van der Waals surface area contributed by atoms with Crippen LogP contribution in [0.1, 0.15) is 33.4 Å². The van der Waals surface area contributed by atoms with Crippen LogP contribution in [-0.2, 0) is 5.41 Å². The van der Waals surface area contributed by atoms with Gasteiger partial charge in [0.15, 0.2) is 5.65 Å². The molecular formula is C14H19N3. The smallest absolute Gasteiger partial charge is 0.161 e. The van der Waals surface area contributed by atoms with Crippen LogP contribution < -0.4 is 5.32 Å². The van der Waals surface area contributed by atoms with Gasteiger partial charge in [0.1, 0.15) is 0 Å². The second kappa shape index (κ2) is 4.32. The number of hydrogen-bond donors (Lipinski definition) is 1. The topological polar surface area (TPSA) is 37.8 Å². The van der Waals surface area contributed by atoms with Crippen molar-refractivity contribution in [3.8, 4) is 0 Å².